The molecule has 2 rings (SSSR count). The van der Waals surface area contributed by atoms with Gasteiger partial charge in [-0.2, -0.15) is 15.5 Å². The van der Waals surface area contributed by atoms with Crippen LogP contribution in [0.3, 0.4) is 0 Å². The van der Waals surface area contributed by atoms with Crippen LogP contribution in [0, 0.1) is 11.3 Å². The zero-order chi connectivity index (χ0) is 8.39. The van der Waals surface area contributed by atoms with Crippen molar-refractivity contribution in [1.82, 2.24) is 20.0 Å². The quantitative estimate of drug-likeness (QED) is 0.657. The minimum Gasteiger partial charge on any atom is -0.261 e. The largest absolute Gasteiger partial charge is 0.261 e. The number of H-pyrrole nitrogens is 1. The van der Waals surface area contributed by atoms with Crippen molar-refractivity contribution in [3.8, 4) is 11.9 Å². The molecule has 0 bridgehead atoms. The molecule has 5 nitrogen and oxygen atoms in total. The molecule has 5 heteroatoms. The van der Waals surface area contributed by atoms with Gasteiger partial charge < -0.3 is 0 Å². The molecule has 0 aliphatic carbocycles. The SMILES string of the molecule is N#Cc1cnn(-c2ccn[nH]2)c1. The number of rotatable bonds is 1. The fourth-order valence-electron chi connectivity index (χ4n) is 0.888. The fourth-order valence-corrected chi connectivity index (χ4v) is 0.888. The van der Waals surface area contributed by atoms with Crippen LogP contribution in [-0.4, -0.2) is 20.0 Å². The topological polar surface area (TPSA) is 70.3 Å². The highest BCUT2D eigenvalue weighted by molar-refractivity contribution is 5.27. The zero-order valence-corrected chi connectivity index (χ0v) is 6.10. The molecule has 0 saturated heterocycles. The zero-order valence-electron chi connectivity index (χ0n) is 6.10. The van der Waals surface area contributed by atoms with Crippen LogP contribution < -0.4 is 0 Å². The van der Waals surface area contributed by atoms with Gasteiger partial charge in [0.1, 0.15) is 11.9 Å². The van der Waals surface area contributed by atoms with Gasteiger partial charge in [0, 0.05) is 6.07 Å². The molecule has 0 aliphatic rings. The molecular formula is C7H5N5. The number of hydrogen-bond donors (Lipinski definition) is 1. The minimum absolute atomic E-state index is 0.532. The second-order valence-corrected chi connectivity index (χ2v) is 2.23. The van der Waals surface area contributed by atoms with Gasteiger partial charge in [0.25, 0.3) is 0 Å². The van der Waals surface area contributed by atoms with E-state index in [1.165, 1.54) is 6.20 Å². The summed E-state index contributed by atoms with van der Waals surface area (Å²) < 4.78 is 1.56. The van der Waals surface area contributed by atoms with Crippen molar-refractivity contribution in [2.45, 2.75) is 0 Å². The lowest BCUT2D eigenvalue weighted by Gasteiger charge is -1.91. The second kappa shape index (κ2) is 2.51. The van der Waals surface area contributed by atoms with Crippen LogP contribution >= 0.6 is 0 Å². The molecule has 0 aromatic carbocycles. The van der Waals surface area contributed by atoms with Crippen LogP contribution in [0.15, 0.2) is 24.7 Å². The van der Waals surface area contributed by atoms with E-state index in [4.69, 9.17) is 5.26 Å². The standard InChI is InChI=1S/C7H5N5/c8-3-6-4-10-12(5-6)7-1-2-9-11-7/h1-2,4-5H,(H,9,11). The van der Waals surface area contributed by atoms with Gasteiger partial charge in [0.15, 0.2) is 0 Å². The van der Waals surface area contributed by atoms with E-state index in [9.17, 15) is 0 Å². The van der Waals surface area contributed by atoms with Gasteiger partial charge in [-0.1, -0.05) is 0 Å². The molecule has 1 N–H and O–H groups in total. The molecule has 0 aliphatic heterocycles. The first-order valence-corrected chi connectivity index (χ1v) is 3.34. The number of hydrogen-bond acceptors (Lipinski definition) is 3. The Bertz CT molecular complexity index is 405. The summed E-state index contributed by atoms with van der Waals surface area (Å²) in [7, 11) is 0. The smallest absolute Gasteiger partial charge is 0.149 e. The number of aromatic nitrogens is 4. The minimum atomic E-state index is 0.532. The van der Waals surface area contributed by atoms with Crippen molar-refractivity contribution < 1.29 is 0 Å². The van der Waals surface area contributed by atoms with Crippen LogP contribution in [0.5, 0.6) is 0 Å². The highest BCUT2D eigenvalue weighted by atomic mass is 15.3. The van der Waals surface area contributed by atoms with Crippen LogP contribution in [-0.2, 0) is 0 Å². The van der Waals surface area contributed by atoms with E-state index in [1.807, 2.05) is 6.07 Å². The predicted octanol–water partition coefficient (Wildman–Crippen LogP) is 0.467. The van der Waals surface area contributed by atoms with Crippen LogP contribution in [0.2, 0.25) is 0 Å². The van der Waals surface area contributed by atoms with Gasteiger partial charge in [0.05, 0.1) is 24.2 Å². The molecule has 0 spiro atoms. The van der Waals surface area contributed by atoms with E-state index in [0.717, 1.165) is 5.82 Å². The summed E-state index contributed by atoms with van der Waals surface area (Å²) in [6.07, 6.45) is 4.76. The third-order valence-corrected chi connectivity index (χ3v) is 1.44. The Kier molecular flexibility index (Phi) is 1.38. The van der Waals surface area contributed by atoms with E-state index in [-0.39, 0.29) is 0 Å². The Morgan fingerprint density at radius 2 is 2.50 bits per heavy atom. The van der Waals surface area contributed by atoms with Gasteiger partial charge in [-0.15, -0.1) is 0 Å². The Balaban J connectivity index is 2.44. The molecule has 0 amide bonds. The molecule has 0 unspecified atom stereocenters. The van der Waals surface area contributed by atoms with Crippen LogP contribution in [0.25, 0.3) is 5.82 Å². The van der Waals surface area contributed by atoms with Crippen molar-refractivity contribution in [3.05, 3.63) is 30.2 Å². The number of nitriles is 1. The molecule has 0 radical (unpaired) electrons. The Morgan fingerprint density at radius 3 is 3.08 bits per heavy atom. The monoisotopic (exact) mass is 159 g/mol. The third-order valence-electron chi connectivity index (χ3n) is 1.44. The highest BCUT2D eigenvalue weighted by Gasteiger charge is 1.99. The summed E-state index contributed by atoms with van der Waals surface area (Å²) in [5.74, 6) is 0.747. The highest BCUT2D eigenvalue weighted by Crippen LogP contribution is 2.02. The van der Waals surface area contributed by atoms with E-state index >= 15 is 0 Å². The Labute approximate surface area is 68.3 Å². The first kappa shape index (κ1) is 6.61. The molecule has 2 heterocycles. The fraction of sp³-hybridized carbons (Fsp3) is 0. The van der Waals surface area contributed by atoms with Gasteiger partial charge in [-0.25, -0.2) is 4.68 Å². The summed E-state index contributed by atoms with van der Waals surface area (Å²) in [6.45, 7) is 0. The molecule has 0 fully saturated rings. The number of nitrogens with zero attached hydrogens (tertiary/aromatic N) is 4. The summed E-state index contributed by atoms with van der Waals surface area (Å²) in [4.78, 5) is 0. The normalized spacial score (nSPS) is 9.58. The Morgan fingerprint density at radius 1 is 1.58 bits per heavy atom. The van der Waals surface area contributed by atoms with Crippen LogP contribution in [0.4, 0.5) is 0 Å². The molecule has 12 heavy (non-hydrogen) atoms. The molecule has 0 atom stereocenters. The maximum Gasteiger partial charge on any atom is 0.149 e. The lowest BCUT2D eigenvalue weighted by atomic mass is 10.4. The first-order chi connectivity index (χ1) is 5.90. The number of nitrogens with one attached hydrogen (secondary N) is 1. The lowest BCUT2D eigenvalue weighted by molar-refractivity contribution is 0.836. The number of aromatic amines is 1. The van der Waals surface area contributed by atoms with Crippen LogP contribution in [0.1, 0.15) is 5.56 Å². The maximum absolute atomic E-state index is 8.52. The Hall–Kier alpha value is -2.09. The maximum atomic E-state index is 8.52. The van der Waals surface area contributed by atoms with Crippen molar-refractivity contribution >= 4 is 0 Å². The summed E-state index contributed by atoms with van der Waals surface area (Å²) in [5, 5.41) is 19.0. The van der Waals surface area contributed by atoms with Gasteiger partial charge in [-0.05, 0) is 0 Å². The molecule has 0 saturated carbocycles. The average Bonchev–Trinajstić information content (AvgIpc) is 2.75. The molecular weight excluding hydrogens is 154 g/mol. The first-order valence-electron chi connectivity index (χ1n) is 3.34. The van der Waals surface area contributed by atoms with Crippen molar-refractivity contribution in [2.75, 3.05) is 0 Å². The van der Waals surface area contributed by atoms with E-state index in [1.54, 1.807) is 23.1 Å². The van der Waals surface area contributed by atoms with Gasteiger partial charge in [0.2, 0.25) is 0 Å². The third kappa shape index (κ3) is 0.953. The van der Waals surface area contributed by atoms with E-state index < -0.39 is 0 Å². The van der Waals surface area contributed by atoms with Gasteiger partial charge >= 0.3 is 0 Å². The summed E-state index contributed by atoms with van der Waals surface area (Å²) in [5.41, 5.74) is 0.532. The van der Waals surface area contributed by atoms with Crippen molar-refractivity contribution in [2.24, 2.45) is 0 Å². The van der Waals surface area contributed by atoms with Crippen molar-refractivity contribution in [1.29, 1.82) is 5.26 Å². The molecule has 2 aromatic rings. The molecule has 58 valence electrons. The average molecular weight is 159 g/mol. The van der Waals surface area contributed by atoms with E-state index in [0.29, 0.717) is 5.56 Å². The van der Waals surface area contributed by atoms with E-state index in [2.05, 4.69) is 15.3 Å². The summed E-state index contributed by atoms with van der Waals surface area (Å²) in [6, 6.07) is 3.76. The lowest BCUT2D eigenvalue weighted by Crippen LogP contribution is -1.93. The summed E-state index contributed by atoms with van der Waals surface area (Å²) >= 11 is 0. The molecule has 2 aromatic heterocycles. The second-order valence-electron chi connectivity index (χ2n) is 2.23. The van der Waals surface area contributed by atoms with Crippen molar-refractivity contribution in [3.63, 3.8) is 0 Å². The van der Waals surface area contributed by atoms with Gasteiger partial charge in [-0.3, -0.25) is 5.10 Å². The predicted molar refractivity (Wildman–Crippen MR) is 40.4 cm³/mol.